The minimum absolute atomic E-state index is 0.309. The van der Waals surface area contributed by atoms with Crippen molar-refractivity contribution in [1.29, 1.82) is 0 Å². The minimum Gasteiger partial charge on any atom is -0.312 e. The van der Waals surface area contributed by atoms with Gasteiger partial charge in [-0.05, 0) is 37.3 Å². The van der Waals surface area contributed by atoms with Crippen LogP contribution in [0.3, 0.4) is 0 Å². The Hall–Kier alpha value is -1.68. The van der Waals surface area contributed by atoms with Crippen molar-refractivity contribution in [2.24, 2.45) is 0 Å². The predicted octanol–water partition coefficient (Wildman–Crippen LogP) is 2.41. The summed E-state index contributed by atoms with van der Waals surface area (Å²) in [6.07, 6.45) is 3.64. The number of fused-ring (bicyclic) bond motifs is 2. The lowest BCUT2D eigenvalue weighted by atomic mass is 9.82. The SMILES string of the molecule is CC1NCCn2c1nnc2C1CCCc2ccccc21. The van der Waals surface area contributed by atoms with Crippen LogP contribution in [0.4, 0.5) is 0 Å². The van der Waals surface area contributed by atoms with E-state index in [-0.39, 0.29) is 0 Å². The molecule has 0 saturated heterocycles. The summed E-state index contributed by atoms with van der Waals surface area (Å²) in [4.78, 5) is 0. The molecule has 2 atom stereocenters. The van der Waals surface area contributed by atoms with Crippen LogP contribution in [0, 0.1) is 0 Å². The number of aromatic nitrogens is 3. The maximum atomic E-state index is 4.54. The Morgan fingerprint density at radius 3 is 3.00 bits per heavy atom. The molecule has 0 amide bonds. The third kappa shape index (κ3) is 1.79. The molecule has 0 saturated carbocycles. The number of aryl methyl sites for hydroxylation is 1. The standard InChI is InChI=1S/C16H20N4/c1-11-15-18-19-16(20(15)10-9-17-11)14-8-4-6-12-5-2-3-7-13(12)14/h2-3,5,7,11,14,17H,4,6,8-10H2,1H3. The van der Waals surface area contributed by atoms with E-state index in [4.69, 9.17) is 0 Å². The van der Waals surface area contributed by atoms with E-state index in [2.05, 4.69) is 51.3 Å². The molecule has 104 valence electrons. The number of rotatable bonds is 1. The summed E-state index contributed by atoms with van der Waals surface area (Å²) in [5.41, 5.74) is 2.95. The highest BCUT2D eigenvalue weighted by Gasteiger charge is 2.29. The van der Waals surface area contributed by atoms with Gasteiger partial charge < -0.3 is 9.88 Å². The highest BCUT2D eigenvalue weighted by molar-refractivity contribution is 5.36. The molecule has 0 bridgehead atoms. The van der Waals surface area contributed by atoms with E-state index in [0.29, 0.717) is 12.0 Å². The average molecular weight is 268 g/mol. The molecule has 4 heteroatoms. The van der Waals surface area contributed by atoms with Gasteiger partial charge in [-0.1, -0.05) is 24.3 Å². The second-order valence-corrected chi connectivity index (χ2v) is 5.89. The van der Waals surface area contributed by atoms with Gasteiger partial charge in [0.2, 0.25) is 0 Å². The van der Waals surface area contributed by atoms with Crippen LogP contribution in [0.25, 0.3) is 0 Å². The third-order valence-corrected chi connectivity index (χ3v) is 4.66. The zero-order chi connectivity index (χ0) is 13.5. The van der Waals surface area contributed by atoms with E-state index < -0.39 is 0 Å². The second kappa shape index (κ2) is 4.70. The summed E-state index contributed by atoms with van der Waals surface area (Å²) < 4.78 is 2.34. The van der Waals surface area contributed by atoms with Crippen molar-refractivity contribution in [3.8, 4) is 0 Å². The number of nitrogens with one attached hydrogen (secondary N) is 1. The maximum Gasteiger partial charge on any atom is 0.149 e. The Morgan fingerprint density at radius 2 is 2.05 bits per heavy atom. The van der Waals surface area contributed by atoms with Crippen molar-refractivity contribution in [3.63, 3.8) is 0 Å². The van der Waals surface area contributed by atoms with E-state index >= 15 is 0 Å². The first-order valence-corrected chi connectivity index (χ1v) is 7.59. The Morgan fingerprint density at radius 1 is 1.20 bits per heavy atom. The van der Waals surface area contributed by atoms with Crippen molar-refractivity contribution in [3.05, 3.63) is 47.0 Å². The first-order chi connectivity index (χ1) is 9.84. The lowest BCUT2D eigenvalue weighted by Gasteiger charge is -2.28. The summed E-state index contributed by atoms with van der Waals surface area (Å²) in [5, 5.41) is 12.4. The molecule has 20 heavy (non-hydrogen) atoms. The molecule has 4 rings (SSSR count). The van der Waals surface area contributed by atoms with Crippen molar-refractivity contribution < 1.29 is 0 Å². The van der Waals surface area contributed by atoms with Crippen LogP contribution < -0.4 is 5.32 Å². The molecule has 1 aromatic carbocycles. The van der Waals surface area contributed by atoms with Gasteiger partial charge in [0.15, 0.2) is 0 Å². The summed E-state index contributed by atoms with van der Waals surface area (Å²) >= 11 is 0. The van der Waals surface area contributed by atoms with Crippen LogP contribution in [0.2, 0.25) is 0 Å². The first kappa shape index (κ1) is 12.1. The van der Waals surface area contributed by atoms with Crippen LogP contribution in [-0.4, -0.2) is 21.3 Å². The zero-order valence-corrected chi connectivity index (χ0v) is 11.8. The van der Waals surface area contributed by atoms with Gasteiger partial charge in [-0.15, -0.1) is 10.2 Å². The molecule has 2 aliphatic rings. The Balaban J connectivity index is 1.80. The van der Waals surface area contributed by atoms with E-state index in [1.165, 1.54) is 36.2 Å². The molecule has 1 N–H and O–H groups in total. The molecule has 0 fully saturated rings. The Kier molecular flexibility index (Phi) is 2.84. The summed E-state index contributed by atoms with van der Waals surface area (Å²) in [6, 6.07) is 9.13. The molecule has 0 spiro atoms. The normalized spacial score (nSPS) is 25.1. The van der Waals surface area contributed by atoms with Gasteiger partial charge >= 0.3 is 0 Å². The molecule has 1 aromatic heterocycles. The topological polar surface area (TPSA) is 42.7 Å². The van der Waals surface area contributed by atoms with Gasteiger partial charge in [-0.2, -0.15) is 0 Å². The monoisotopic (exact) mass is 268 g/mol. The fourth-order valence-corrected chi connectivity index (χ4v) is 3.64. The van der Waals surface area contributed by atoms with Crippen molar-refractivity contribution >= 4 is 0 Å². The van der Waals surface area contributed by atoms with Gasteiger partial charge in [-0.3, -0.25) is 0 Å². The maximum absolute atomic E-state index is 4.54. The Labute approximate surface area is 119 Å². The summed E-state index contributed by atoms with van der Waals surface area (Å²) in [7, 11) is 0. The molecule has 4 nitrogen and oxygen atoms in total. The molecular formula is C16H20N4. The highest BCUT2D eigenvalue weighted by Crippen LogP contribution is 2.36. The van der Waals surface area contributed by atoms with Crippen molar-refractivity contribution in [1.82, 2.24) is 20.1 Å². The quantitative estimate of drug-likeness (QED) is 0.863. The lowest BCUT2D eigenvalue weighted by Crippen LogP contribution is -2.33. The fourth-order valence-electron chi connectivity index (χ4n) is 3.64. The second-order valence-electron chi connectivity index (χ2n) is 5.89. The minimum atomic E-state index is 0.309. The first-order valence-electron chi connectivity index (χ1n) is 7.59. The van der Waals surface area contributed by atoms with Crippen LogP contribution in [0.15, 0.2) is 24.3 Å². The molecule has 0 radical (unpaired) electrons. The van der Waals surface area contributed by atoms with Crippen LogP contribution in [0.1, 0.15) is 54.5 Å². The number of hydrogen-bond acceptors (Lipinski definition) is 3. The Bertz CT molecular complexity index is 631. The molecule has 1 aliphatic carbocycles. The van der Waals surface area contributed by atoms with E-state index in [1.54, 1.807) is 0 Å². The number of nitrogens with zero attached hydrogens (tertiary/aromatic N) is 3. The number of hydrogen-bond donors (Lipinski definition) is 1. The van der Waals surface area contributed by atoms with Crippen molar-refractivity contribution in [2.45, 2.75) is 44.7 Å². The third-order valence-electron chi connectivity index (χ3n) is 4.66. The largest absolute Gasteiger partial charge is 0.312 e. The zero-order valence-electron chi connectivity index (χ0n) is 11.8. The summed E-state index contributed by atoms with van der Waals surface area (Å²) in [6.45, 7) is 4.16. The molecule has 2 unspecified atom stereocenters. The van der Waals surface area contributed by atoms with Crippen molar-refractivity contribution in [2.75, 3.05) is 6.54 Å². The van der Waals surface area contributed by atoms with Gasteiger partial charge in [0.05, 0.1) is 6.04 Å². The number of benzene rings is 1. The van der Waals surface area contributed by atoms with Crippen LogP contribution in [-0.2, 0) is 13.0 Å². The molecule has 2 aromatic rings. The smallest absolute Gasteiger partial charge is 0.149 e. The predicted molar refractivity (Wildman–Crippen MR) is 77.7 cm³/mol. The fraction of sp³-hybridized carbons (Fsp3) is 0.500. The molecular weight excluding hydrogens is 248 g/mol. The summed E-state index contributed by atoms with van der Waals surface area (Å²) in [5.74, 6) is 2.68. The van der Waals surface area contributed by atoms with Crippen LogP contribution >= 0.6 is 0 Å². The highest BCUT2D eigenvalue weighted by atomic mass is 15.3. The van der Waals surface area contributed by atoms with Gasteiger partial charge in [0.25, 0.3) is 0 Å². The molecule has 1 aliphatic heterocycles. The van der Waals surface area contributed by atoms with Crippen LogP contribution in [0.5, 0.6) is 0 Å². The van der Waals surface area contributed by atoms with E-state index in [1.807, 2.05) is 0 Å². The lowest BCUT2D eigenvalue weighted by molar-refractivity contribution is 0.421. The van der Waals surface area contributed by atoms with Gasteiger partial charge in [0.1, 0.15) is 11.6 Å². The average Bonchev–Trinajstić information content (AvgIpc) is 2.92. The van der Waals surface area contributed by atoms with E-state index in [9.17, 15) is 0 Å². The van der Waals surface area contributed by atoms with E-state index in [0.717, 1.165) is 18.9 Å². The van der Waals surface area contributed by atoms with Gasteiger partial charge in [0, 0.05) is 19.0 Å². The van der Waals surface area contributed by atoms with Gasteiger partial charge in [-0.25, -0.2) is 0 Å². The molecule has 2 heterocycles.